The van der Waals surface area contributed by atoms with Gasteiger partial charge >= 0.3 is 5.97 Å². The fourth-order valence-electron chi connectivity index (χ4n) is 1.80. The van der Waals surface area contributed by atoms with Crippen LogP contribution in [0.25, 0.3) is 0 Å². The number of benzene rings is 1. The second kappa shape index (κ2) is 6.06. The number of nitrogens with one attached hydrogen (secondary N) is 1. The zero-order valence-electron chi connectivity index (χ0n) is 11.0. The second-order valence-corrected chi connectivity index (χ2v) is 4.53. The van der Waals surface area contributed by atoms with Gasteiger partial charge in [-0.05, 0) is 11.5 Å². The maximum Gasteiger partial charge on any atom is 0.338 e. The van der Waals surface area contributed by atoms with Crippen LogP contribution in [0, 0.1) is 0 Å². The van der Waals surface area contributed by atoms with Crippen molar-refractivity contribution in [2.45, 2.75) is 12.8 Å². The fourth-order valence-corrected chi connectivity index (χ4v) is 1.80. The smallest absolute Gasteiger partial charge is 0.338 e. The summed E-state index contributed by atoms with van der Waals surface area (Å²) in [5, 5.41) is 11.5. The Kier molecular flexibility index (Phi) is 4.20. The highest BCUT2D eigenvalue weighted by atomic mass is 16.4. The molecular formula is C15H15NO4. The topological polar surface area (TPSA) is 79.5 Å². The number of furan rings is 1. The van der Waals surface area contributed by atoms with Crippen LogP contribution in [0.1, 0.15) is 39.3 Å². The van der Waals surface area contributed by atoms with Crippen molar-refractivity contribution in [1.82, 2.24) is 5.32 Å². The monoisotopic (exact) mass is 273 g/mol. The Balaban J connectivity index is 1.93. The number of carbonyl (C=O) groups is 2. The summed E-state index contributed by atoms with van der Waals surface area (Å²) >= 11 is 0. The molecule has 2 N–H and O–H groups in total. The van der Waals surface area contributed by atoms with Crippen molar-refractivity contribution < 1.29 is 19.1 Å². The second-order valence-electron chi connectivity index (χ2n) is 4.53. The Morgan fingerprint density at radius 3 is 2.60 bits per heavy atom. The molecule has 0 aliphatic heterocycles. The van der Waals surface area contributed by atoms with Crippen LogP contribution in [0.4, 0.5) is 0 Å². The van der Waals surface area contributed by atoms with Gasteiger partial charge in [-0.2, -0.15) is 0 Å². The van der Waals surface area contributed by atoms with Gasteiger partial charge in [-0.15, -0.1) is 0 Å². The van der Waals surface area contributed by atoms with Crippen LogP contribution < -0.4 is 5.32 Å². The van der Waals surface area contributed by atoms with Crippen molar-refractivity contribution in [3.05, 3.63) is 59.5 Å². The van der Waals surface area contributed by atoms with Gasteiger partial charge in [0.2, 0.25) is 0 Å². The van der Waals surface area contributed by atoms with E-state index in [1.165, 1.54) is 6.07 Å². The highest BCUT2D eigenvalue weighted by molar-refractivity contribution is 5.95. The van der Waals surface area contributed by atoms with Crippen molar-refractivity contribution in [1.29, 1.82) is 0 Å². The number of carboxylic acid groups (broad SMARTS) is 1. The predicted molar refractivity (Wildman–Crippen MR) is 72.9 cm³/mol. The summed E-state index contributed by atoms with van der Waals surface area (Å²) in [6, 6.07) is 11.0. The van der Waals surface area contributed by atoms with Crippen molar-refractivity contribution in [2.24, 2.45) is 0 Å². The lowest BCUT2D eigenvalue weighted by Gasteiger charge is -2.12. The van der Waals surface area contributed by atoms with Crippen molar-refractivity contribution in [3.8, 4) is 0 Å². The van der Waals surface area contributed by atoms with Gasteiger partial charge in [0.1, 0.15) is 6.26 Å². The molecule has 0 radical (unpaired) electrons. The van der Waals surface area contributed by atoms with Gasteiger partial charge < -0.3 is 14.8 Å². The molecule has 0 aliphatic carbocycles. The first kappa shape index (κ1) is 13.9. The molecule has 0 bridgehead atoms. The predicted octanol–water partition coefficient (Wildman–Crippen LogP) is 2.51. The van der Waals surface area contributed by atoms with E-state index in [2.05, 4.69) is 5.32 Å². The molecule has 0 aliphatic rings. The first-order chi connectivity index (χ1) is 9.58. The number of hydrogen-bond acceptors (Lipinski definition) is 3. The number of carboxylic acids is 1. The van der Waals surface area contributed by atoms with Crippen molar-refractivity contribution >= 4 is 11.9 Å². The summed E-state index contributed by atoms with van der Waals surface area (Å²) in [6.07, 6.45) is 1.05. The summed E-state index contributed by atoms with van der Waals surface area (Å²) < 4.78 is 4.93. The summed E-state index contributed by atoms with van der Waals surface area (Å²) in [5.74, 6) is -1.37. The lowest BCUT2D eigenvalue weighted by molar-refractivity contribution is 0.0696. The molecule has 1 aromatic heterocycles. The Hall–Kier alpha value is -2.56. The van der Waals surface area contributed by atoms with E-state index < -0.39 is 11.9 Å². The number of hydrogen-bond donors (Lipinski definition) is 2. The molecule has 20 heavy (non-hydrogen) atoms. The van der Waals surface area contributed by atoms with Crippen LogP contribution >= 0.6 is 0 Å². The minimum atomic E-state index is -1.12. The minimum Gasteiger partial charge on any atom is -0.478 e. The van der Waals surface area contributed by atoms with E-state index in [9.17, 15) is 9.59 Å². The lowest BCUT2D eigenvalue weighted by atomic mass is 10.0. The van der Waals surface area contributed by atoms with Gasteiger partial charge in [-0.1, -0.05) is 37.3 Å². The molecule has 104 valence electrons. The summed E-state index contributed by atoms with van der Waals surface area (Å²) in [7, 11) is 0. The molecule has 1 aromatic carbocycles. The van der Waals surface area contributed by atoms with Gasteiger partial charge in [-0.3, -0.25) is 4.79 Å². The highest BCUT2D eigenvalue weighted by Gasteiger charge is 2.15. The summed E-state index contributed by atoms with van der Waals surface area (Å²) in [6.45, 7) is 2.45. The Morgan fingerprint density at radius 2 is 2.00 bits per heavy atom. The van der Waals surface area contributed by atoms with Crippen LogP contribution in [0.3, 0.4) is 0 Å². The largest absolute Gasteiger partial charge is 0.478 e. The molecule has 2 rings (SSSR count). The van der Waals surface area contributed by atoms with E-state index >= 15 is 0 Å². The number of carbonyl (C=O) groups excluding carboxylic acids is 1. The van der Waals surface area contributed by atoms with E-state index in [1.54, 1.807) is 0 Å². The van der Waals surface area contributed by atoms with E-state index in [1.807, 2.05) is 37.3 Å². The molecule has 2 aromatic rings. The fraction of sp³-hybridized carbons (Fsp3) is 0.200. The van der Waals surface area contributed by atoms with Crippen molar-refractivity contribution in [3.63, 3.8) is 0 Å². The van der Waals surface area contributed by atoms with E-state index in [0.29, 0.717) is 6.54 Å². The van der Waals surface area contributed by atoms with E-state index in [4.69, 9.17) is 9.52 Å². The third kappa shape index (κ3) is 3.26. The third-order valence-corrected chi connectivity index (χ3v) is 3.01. The average molecular weight is 273 g/mol. The summed E-state index contributed by atoms with van der Waals surface area (Å²) in [5.41, 5.74) is 1.09. The quantitative estimate of drug-likeness (QED) is 0.877. The molecule has 1 unspecified atom stereocenters. The SMILES string of the molecule is CC(CNC(=O)c1cc(C(=O)O)co1)c1ccccc1. The third-order valence-electron chi connectivity index (χ3n) is 3.01. The molecule has 5 heteroatoms. The summed E-state index contributed by atoms with van der Waals surface area (Å²) in [4.78, 5) is 22.5. The normalized spacial score (nSPS) is 11.8. The minimum absolute atomic E-state index is 0.00246. The van der Waals surface area contributed by atoms with Gasteiger partial charge in [-0.25, -0.2) is 4.79 Å². The molecule has 0 fully saturated rings. The standard InChI is InChI=1S/C15H15NO4/c1-10(11-5-3-2-4-6-11)8-16-14(17)13-7-12(9-20-13)15(18)19/h2-7,9-10H,8H2,1H3,(H,16,17)(H,18,19). The molecule has 1 amide bonds. The molecule has 0 spiro atoms. The Morgan fingerprint density at radius 1 is 1.30 bits per heavy atom. The maximum atomic E-state index is 11.8. The van der Waals surface area contributed by atoms with Crippen LogP contribution in [0.15, 0.2) is 47.1 Å². The number of rotatable bonds is 5. The van der Waals surface area contributed by atoms with Gasteiger partial charge in [0, 0.05) is 12.6 Å². The highest BCUT2D eigenvalue weighted by Crippen LogP contribution is 2.14. The molecular weight excluding hydrogens is 258 g/mol. The van der Waals surface area contributed by atoms with Crippen LogP contribution in [-0.4, -0.2) is 23.5 Å². The average Bonchev–Trinajstić information content (AvgIpc) is 2.95. The molecule has 0 saturated carbocycles. The van der Waals surface area contributed by atoms with Gasteiger partial charge in [0.05, 0.1) is 5.56 Å². The van der Waals surface area contributed by atoms with Crippen LogP contribution in [-0.2, 0) is 0 Å². The van der Waals surface area contributed by atoms with Crippen molar-refractivity contribution in [2.75, 3.05) is 6.54 Å². The molecule has 1 heterocycles. The Labute approximate surface area is 116 Å². The van der Waals surface area contributed by atoms with Gasteiger partial charge in [0.25, 0.3) is 5.91 Å². The van der Waals surface area contributed by atoms with Crippen LogP contribution in [0.2, 0.25) is 0 Å². The van der Waals surface area contributed by atoms with Crippen LogP contribution in [0.5, 0.6) is 0 Å². The number of aromatic carboxylic acids is 1. The zero-order chi connectivity index (χ0) is 14.5. The zero-order valence-corrected chi connectivity index (χ0v) is 11.0. The number of amides is 1. The van der Waals surface area contributed by atoms with E-state index in [-0.39, 0.29) is 17.2 Å². The molecule has 5 nitrogen and oxygen atoms in total. The van der Waals surface area contributed by atoms with E-state index in [0.717, 1.165) is 11.8 Å². The first-order valence-electron chi connectivity index (χ1n) is 6.23. The molecule has 0 saturated heterocycles. The van der Waals surface area contributed by atoms with Gasteiger partial charge in [0.15, 0.2) is 5.76 Å². The molecule has 1 atom stereocenters. The maximum absolute atomic E-state index is 11.8. The Bertz CT molecular complexity index is 603. The first-order valence-corrected chi connectivity index (χ1v) is 6.23. The lowest BCUT2D eigenvalue weighted by Crippen LogP contribution is -2.27.